The van der Waals surface area contributed by atoms with E-state index in [1.165, 1.54) is 15.9 Å². The van der Waals surface area contributed by atoms with Crippen LogP contribution in [0.4, 0.5) is 0 Å². The fourth-order valence-corrected chi connectivity index (χ4v) is 5.98. The molecule has 1 aliphatic carbocycles. The van der Waals surface area contributed by atoms with Gasteiger partial charge in [0.15, 0.2) is 0 Å². The summed E-state index contributed by atoms with van der Waals surface area (Å²) in [6.45, 7) is 6.32. The van der Waals surface area contributed by atoms with Gasteiger partial charge in [-0.1, -0.05) is 35.0 Å². The molecular formula is C27H30BrN3O2. The highest BCUT2D eigenvalue weighted by atomic mass is 79.9. The largest absolute Gasteiger partial charge is 0.494 e. The number of aromatic nitrogens is 1. The third-order valence-electron chi connectivity index (χ3n) is 6.99. The number of hydrogen-bond acceptors (Lipinski definition) is 3. The number of carbonyl (C=O) groups is 1. The Morgan fingerprint density at radius 2 is 1.94 bits per heavy atom. The monoisotopic (exact) mass is 507 g/mol. The third-order valence-corrected chi connectivity index (χ3v) is 7.54. The maximum absolute atomic E-state index is 13.1. The number of hydrogen-bond donors (Lipinski definition) is 0. The Hall–Kier alpha value is -2.60. The maximum atomic E-state index is 13.1. The molecule has 5 rings (SSSR count). The molecule has 33 heavy (non-hydrogen) atoms. The van der Waals surface area contributed by atoms with Crippen molar-refractivity contribution in [2.75, 3.05) is 19.7 Å². The van der Waals surface area contributed by atoms with Crippen molar-refractivity contribution in [2.24, 2.45) is 10.9 Å². The van der Waals surface area contributed by atoms with Gasteiger partial charge < -0.3 is 14.2 Å². The van der Waals surface area contributed by atoms with Crippen molar-refractivity contribution in [3.05, 3.63) is 70.5 Å². The minimum atomic E-state index is -0.298. The molecule has 0 saturated carbocycles. The Labute approximate surface area is 204 Å². The zero-order chi connectivity index (χ0) is 23.0. The van der Waals surface area contributed by atoms with Gasteiger partial charge in [-0.2, -0.15) is 0 Å². The minimum absolute atomic E-state index is 0.179. The molecule has 0 radical (unpaired) electrons. The summed E-state index contributed by atoms with van der Waals surface area (Å²) in [7, 11) is 0. The number of allylic oxidation sites excluding steroid dienone is 4. The van der Waals surface area contributed by atoms with Crippen LogP contribution in [0.15, 0.2) is 64.2 Å². The molecule has 3 heterocycles. The molecule has 1 saturated heterocycles. The van der Waals surface area contributed by atoms with Gasteiger partial charge in [0, 0.05) is 30.9 Å². The van der Waals surface area contributed by atoms with Crippen molar-refractivity contribution >= 4 is 33.2 Å². The van der Waals surface area contributed by atoms with Crippen molar-refractivity contribution in [1.29, 1.82) is 0 Å². The molecule has 172 valence electrons. The van der Waals surface area contributed by atoms with Gasteiger partial charge in [-0.05, 0) is 72.6 Å². The number of ether oxygens (including phenoxy) is 1. The average Bonchev–Trinajstić information content (AvgIpc) is 3.20. The van der Waals surface area contributed by atoms with Crippen molar-refractivity contribution < 1.29 is 9.53 Å². The summed E-state index contributed by atoms with van der Waals surface area (Å²) < 4.78 is 9.04. The van der Waals surface area contributed by atoms with Crippen molar-refractivity contribution in [2.45, 2.75) is 45.1 Å². The number of likely N-dealkylation sites (tertiary alicyclic amines) is 1. The standard InChI is InChI=1S/C27H30BrN3O2/c1-3-33-23-8-6-20(7-9-23)16-26(32)30-13-10-27(11-14-30)25-5-4-12-31(25)24-18-22(29-27)17-21(28)15-19(24)2/h4-9,12,17-19H,3,10-11,13-16H2,1-2H3. The van der Waals surface area contributed by atoms with E-state index >= 15 is 0 Å². The van der Waals surface area contributed by atoms with Crippen LogP contribution in [0.3, 0.4) is 0 Å². The number of rotatable bonds is 4. The molecule has 1 amide bonds. The molecule has 1 spiro atoms. The summed E-state index contributed by atoms with van der Waals surface area (Å²) in [5.41, 5.74) is 4.30. The first-order valence-electron chi connectivity index (χ1n) is 11.8. The smallest absolute Gasteiger partial charge is 0.226 e. The summed E-state index contributed by atoms with van der Waals surface area (Å²) in [5.74, 6) is 1.42. The Morgan fingerprint density at radius 1 is 1.18 bits per heavy atom. The van der Waals surface area contributed by atoms with Crippen molar-refractivity contribution in [3.8, 4) is 5.75 Å². The number of carbonyl (C=O) groups excluding carboxylic acids is 1. The molecule has 2 bridgehead atoms. The Bertz CT molecular complexity index is 1130. The lowest BCUT2D eigenvalue weighted by Crippen LogP contribution is -2.45. The van der Waals surface area contributed by atoms with E-state index in [0.29, 0.717) is 32.0 Å². The molecule has 2 aromatic rings. The summed E-state index contributed by atoms with van der Waals surface area (Å²) in [5, 5.41) is 0. The van der Waals surface area contributed by atoms with E-state index in [1.54, 1.807) is 0 Å². The zero-order valence-electron chi connectivity index (χ0n) is 19.3. The van der Waals surface area contributed by atoms with Crippen LogP contribution in [-0.4, -0.2) is 40.8 Å². The van der Waals surface area contributed by atoms with Gasteiger partial charge in [-0.15, -0.1) is 0 Å². The second kappa shape index (κ2) is 8.98. The van der Waals surface area contributed by atoms with Crippen LogP contribution in [0.1, 0.15) is 44.4 Å². The quantitative estimate of drug-likeness (QED) is 0.543. The van der Waals surface area contributed by atoms with Crippen molar-refractivity contribution in [1.82, 2.24) is 9.47 Å². The number of halogens is 1. The number of piperidine rings is 1. The van der Waals surface area contributed by atoms with Crippen LogP contribution in [0, 0.1) is 5.92 Å². The molecule has 1 fully saturated rings. The second-order valence-electron chi connectivity index (χ2n) is 9.23. The maximum Gasteiger partial charge on any atom is 0.226 e. The molecule has 1 unspecified atom stereocenters. The van der Waals surface area contributed by atoms with E-state index < -0.39 is 0 Å². The van der Waals surface area contributed by atoms with Crippen LogP contribution in [0.2, 0.25) is 0 Å². The number of nitrogens with zero attached hydrogens (tertiary/aromatic N) is 3. The van der Waals surface area contributed by atoms with E-state index in [0.717, 1.165) is 36.3 Å². The first-order valence-corrected chi connectivity index (χ1v) is 12.6. The Balaban J connectivity index is 1.34. The molecule has 0 N–H and O–H groups in total. The summed E-state index contributed by atoms with van der Waals surface area (Å²) in [6, 6.07) is 12.2. The summed E-state index contributed by atoms with van der Waals surface area (Å²) >= 11 is 3.73. The zero-order valence-corrected chi connectivity index (χ0v) is 20.8. The van der Waals surface area contributed by atoms with Crippen LogP contribution < -0.4 is 4.74 Å². The lowest BCUT2D eigenvalue weighted by atomic mass is 9.84. The first-order chi connectivity index (χ1) is 16.0. The lowest BCUT2D eigenvalue weighted by molar-refractivity contribution is -0.132. The van der Waals surface area contributed by atoms with Gasteiger partial charge >= 0.3 is 0 Å². The molecule has 3 aliphatic rings. The SMILES string of the molecule is CCOc1ccc(CC(=O)N2CCC3(CC2)N=C2C=C(Br)CC(C)C(=C2)n2cccc23)cc1. The van der Waals surface area contributed by atoms with E-state index in [1.807, 2.05) is 36.1 Å². The molecule has 2 aliphatic heterocycles. The predicted octanol–water partition coefficient (Wildman–Crippen LogP) is 5.56. The highest BCUT2D eigenvalue weighted by molar-refractivity contribution is 9.11. The van der Waals surface area contributed by atoms with E-state index in [2.05, 4.69) is 57.9 Å². The normalized spacial score (nSPS) is 21.4. The highest BCUT2D eigenvalue weighted by Crippen LogP contribution is 2.43. The van der Waals surface area contributed by atoms with E-state index in [-0.39, 0.29) is 11.4 Å². The lowest BCUT2D eigenvalue weighted by Gasteiger charge is -2.40. The number of benzene rings is 1. The second-order valence-corrected chi connectivity index (χ2v) is 10.3. The third kappa shape index (κ3) is 4.33. The molecule has 1 atom stereocenters. The fraction of sp³-hybridized carbons (Fsp3) is 0.407. The first kappa shape index (κ1) is 22.2. The number of fused-ring (bicyclic) bond motifs is 4. The average molecular weight is 508 g/mol. The topological polar surface area (TPSA) is 46.8 Å². The van der Waals surface area contributed by atoms with E-state index in [9.17, 15) is 4.79 Å². The fourth-order valence-electron chi connectivity index (χ4n) is 5.26. The number of amides is 1. The molecule has 6 heteroatoms. The highest BCUT2D eigenvalue weighted by Gasteiger charge is 2.41. The Kier molecular flexibility index (Phi) is 6.04. The van der Waals surface area contributed by atoms with Crippen LogP contribution >= 0.6 is 15.9 Å². The molecule has 1 aromatic heterocycles. The van der Waals surface area contributed by atoms with Gasteiger partial charge in [-0.25, -0.2) is 0 Å². The molecular weight excluding hydrogens is 478 g/mol. The summed E-state index contributed by atoms with van der Waals surface area (Å²) in [4.78, 5) is 20.4. The molecule has 5 nitrogen and oxygen atoms in total. The molecule has 1 aromatic carbocycles. The minimum Gasteiger partial charge on any atom is -0.494 e. The Morgan fingerprint density at radius 3 is 2.67 bits per heavy atom. The van der Waals surface area contributed by atoms with Gasteiger partial charge in [0.2, 0.25) is 5.91 Å². The van der Waals surface area contributed by atoms with Crippen molar-refractivity contribution in [3.63, 3.8) is 0 Å². The van der Waals surface area contributed by atoms with E-state index in [4.69, 9.17) is 9.73 Å². The van der Waals surface area contributed by atoms with Crippen LogP contribution in [0.5, 0.6) is 5.75 Å². The summed E-state index contributed by atoms with van der Waals surface area (Å²) in [6.07, 6.45) is 9.63. The van der Waals surface area contributed by atoms with Crippen LogP contribution in [0.25, 0.3) is 5.70 Å². The predicted molar refractivity (Wildman–Crippen MR) is 136 cm³/mol. The van der Waals surface area contributed by atoms with Crippen LogP contribution in [-0.2, 0) is 16.8 Å². The van der Waals surface area contributed by atoms with Gasteiger partial charge in [0.1, 0.15) is 11.3 Å². The van der Waals surface area contributed by atoms with Gasteiger partial charge in [-0.3, -0.25) is 9.79 Å². The van der Waals surface area contributed by atoms with Gasteiger partial charge in [0.25, 0.3) is 0 Å². The van der Waals surface area contributed by atoms with Gasteiger partial charge in [0.05, 0.1) is 24.4 Å². The number of aliphatic imine (C=N–C) groups is 1.